The molecule has 17 heavy (non-hydrogen) atoms. The van der Waals surface area contributed by atoms with Gasteiger partial charge in [0, 0.05) is 24.4 Å². The van der Waals surface area contributed by atoms with E-state index in [2.05, 4.69) is 55.1 Å². The van der Waals surface area contributed by atoms with Crippen molar-refractivity contribution in [1.29, 1.82) is 0 Å². The van der Waals surface area contributed by atoms with Gasteiger partial charge < -0.3 is 4.57 Å². The van der Waals surface area contributed by atoms with Gasteiger partial charge in [0.2, 0.25) is 0 Å². The second-order valence-electron chi connectivity index (χ2n) is 4.69. The van der Waals surface area contributed by atoms with E-state index in [4.69, 9.17) is 4.98 Å². The van der Waals surface area contributed by atoms with Gasteiger partial charge in [0.1, 0.15) is 5.82 Å². The third-order valence-electron chi connectivity index (χ3n) is 3.27. The molecular weight excluding hydrogens is 208 g/mol. The summed E-state index contributed by atoms with van der Waals surface area (Å²) in [6.07, 6.45) is 8.58. The molecule has 0 aliphatic carbocycles. The summed E-state index contributed by atoms with van der Waals surface area (Å²) in [5, 5.41) is 0. The second kappa shape index (κ2) is 3.88. The van der Waals surface area contributed by atoms with E-state index in [1.165, 1.54) is 22.5 Å². The van der Waals surface area contributed by atoms with Gasteiger partial charge in [0.05, 0.1) is 5.69 Å². The Hall–Kier alpha value is -1.83. The average molecular weight is 224 g/mol. The van der Waals surface area contributed by atoms with E-state index in [1.54, 1.807) is 0 Å². The van der Waals surface area contributed by atoms with Crippen LogP contribution in [0.25, 0.3) is 17.5 Å². The third-order valence-corrected chi connectivity index (χ3v) is 3.27. The van der Waals surface area contributed by atoms with Crippen LogP contribution in [-0.4, -0.2) is 9.55 Å². The Morgan fingerprint density at radius 1 is 1.24 bits per heavy atom. The summed E-state index contributed by atoms with van der Waals surface area (Å²) in [6, 6.07) is 6.53. The zero-order valence-electron chi connectivity index (χ0n) is 10.3. The molecule has 0 N–H and O–H groups in total. The highest BCUT2D eigenvalue weighted by atomic mass is 15.1. The molecule has 1 aliphatic rings. The standard InChI is InChI=1S/C15H16N2/c1-11-6-7-13(12(2)9-11)14-10-17-8-4-3-5-15(17)16-14/h4,6-10H,3,5H2,1-2H3. The number of allylic oxidation sites excluding steroid dienone is 1. The summed E-state index contributed by atoms with van der Waals surface area (Å²) >= 11 is 0. The van der Waals surface area contributed by atoms with Crippen LogP contribution in [-0.2, 0) is 6.42 Å². The Balaban J connectivity index is 2.09. The number of fused-ring (bicyclic) bond motifs is 1. The molecule has 2 heterocycles. The molecule has 0 fully saturated rings. The summed E-state index contributed by atoms with van der Waals surface area (Å²) in [7, 11) is 0. The first-order chi connectivity index (χ1) is 8.24. The van der Waals surface area contributed by atoms with Gasteiger partial charge in [-0.15, -0.1) is 0 Å². The molecule has 3 rings (SSSR count). The Morgan fingerprint density at radius 2 is 2.12 bits per heavy atom. The van der Waals surface area contributed by atoms with Crippen LogP contribution in [0.3, 0.4) is 0 Å². The number of nitrogens with zero attached hydrogens (tertiary/aromatic N) is 2. The van der Waals surface area contributed by atoms with E-state index in [-0.39, 0.29) is 0 Å². The zero-order chi connectivity index (χ0) is 11.8. The number of benzene rings is 1. The number of aryl methyl sites for hydroxylation is 3. The van der Waals surface area contributed by atoms with Gasteiger partial charge in [-0.3, -0.25) is 0 Å². The maximum atomic E-state index is 4.72. The van der Waals surface area contributed by atoms with E-state index in [0.29, 0.717) is 0 Å². The van der Waals surface area contributed by atoms with E-state index >= 15 is 0 Å². The van der Waals surface area contributed by atoms with E-state index in [1.807, 2.05) is 0 Å². The summed E-state index contributed by atoms with van der Waals surface area (Å²) < 4.78 is 2.14. The molecule has 0 spiro atoms. The highest BCUT2D eigenvalue weighted by Crippen LogP contribution is 2.25. The highest BCUT2D eigenvalue weighted by Gasteiger charge is 2.11. The van der Waals surface area contributed by atoms with Crippen molar-refractivity contribution in [2.75, 3.05) is 0 Å². The fraction of sp³-hybridized carbons (Fsp3) is 0.267. The van der Waals surface area contributed by atoms with Crippen LogP contribution >= 0.6 is 0 Å². The van der Waals surface area contributed by atoms with Crippen LogP contribution < -0.4 is 0 Å². The molecule has 1 aromatic heterocycles. The maximum Gasteiger partial charge on any atom is 0.113 e. The van der Waals surface area contributed by atoms with Crippen molar-refractivity contribution in [3.8, 4) is 11.3 Å². The van der Waals surface area contributed by atoms with Crippen LogP contribution in [0.1, 0.15) is 23.4 Å². The van der Waals surface area contributed by atoms with E-state index in [0.717, 1.165) is 18.5 Å². The Kier molecular flexibility index (Phi) is 2.36. The lowest BCUT2D eigenvalue weighted by molar-refractivity contribution is 0.838. The normalized spacial score (nSPS) is 13.8. The lowest BCUT2D eigenvalue weighted by atomic mass is 10.0. The van der Waals surface area contributed by atoms with Crippen LogP contribution in [0.15, 0.2) is 30.5 Å². The quantitative estimate of drug-likeness (QED) is 0.724. The molecule has 0 saturated heterocycles. The van der Waals surface area contributed by atoms with Crippen LogP contribution in [0.2, 0.25) is 0 Å². The minimum Gasteiger partial charge on any atom is -0.310 e. The average Bonchev–Trinajstić information content (AvgIpc) is 2.72. The first-order valence-corrected chi connectivity index (χ1v) is 6.06. The molecule has 0 atom stereocenters. The topological polar surface area (TPSA) is 17.8 Å². The number of hydrogen-bond acceptors (Lipinski definition) is 1. The van der Waals surface area contributed by atoms with Gasteiger partial charge >= 0.3 is 0 Å². The fourth-order valence-corrected chi connectivity index (χ4v) is 2.38. The van der Waals surface area contributed by atoms with Gasteiger partial charge in [0.25, 0.3) is 0 Å². The van der Waals surface area contributed by atoms with Crippen LogP contribution in [0.5, 0.6) is 0 Å². The van der Waals surface area contributed by atoms with Crippen LogP contribution in [0, 0.1) is 13.8 Å². The Morgan fingerprint density at radius 3 is 2.88 bits per heavy atom. The van der Waals surface area contributed by atoms with Gasteiger partial charge in [-0.05, 0) is 25.8 Å². The molecule has 2 heteroatoms. The molecule has 1 aromatic carbocycles. The van der Waals surface area contributed by atoms with Gasteiger partial charge in [-0.25, -0.2) is 4.98 Å². The summed E-state index contributed by atoms with van der Waals surface area (Å²) in [5.41, 5.74) is 4.93. The largest absolute Gasteiger partial charge is 0.310 e. The monoisotopic (exact) mass is 224 g/mol. The number of hydrogen-bond donors (Lipinski definition) is 0. The number of aromatic nitrogens is 2. The molecule has 0 saturated carbocycles. The van der Waals surface area contributed by atoms with Gasteiger partial charge in [0.15, 0.2) is 0 Å². The van der Waals surface area contributed by atoms with Gasteiger partial charge in [-0.2, -0.15) is 0 Å². The lowest BCUT2D eigenvalue weighted by Crippen LogP contribution is -1.99. The molecular formula is C15H16N2. The molecule has 1 aliphatic heterocycles. The third kappa shape index (κ3) is 1.80. The van der Waals surface area contributed by atoms with Crippen molar-refractivity contribution < 1.29 is 0 Å². The second-order valence-corrected chi connectivity index (χ2v) is 4.69. The van der Waals surface area contributed by atoms with Crippen molar-refractivity contribution in [3.05, 3.63) is 47.4 Å². The fourth-order valence-electron chi connectivity index (χ4n) is 2.38. The Labute approximate surface area is 102 Å². The summed E-state index contributed by atoms with van der Waals surface area (Å²) in [5.74, 6) is 1.17. The summed E-state index contributed by atoms with van der Waals surface area (Å²) in [6.45, 7) is 4.27. The van der Waals surface area contributed by atoms with Crippen molar-refractivity contribution in [3.63, 3.8) is 0 Å². The molecule has 0 unspecified atom stereocenters. The van der Waals surface area contributed by atoms with Crippen molar-refractivity contribution in [2.45, 2.75) is 26.7 Å². The van der Waals surface area contributed by atoms with Crippen LogP contribution in [0.4, 0.5) is 0 Å². The number of rotatable bonds is 1. The molecule has 86 valence electrons. The first kappa shape index (κ1) is 10.3. The number of imidazole rings is 1. The molecule has 2 nitrogen and oxygen atoms in total. The van der Waals surface area contributed by atoms with E-state index in [9.17, 15) is 0 Å². The molecule has 2 aromatic rings. The maximum absolute atomic E-state index is 4.72. The smallest absolute Gasteiger partial charge is 0.113 e. The van der Waals surface area contributed by atoms with Crippen molar-refractivity contribution >= 4 is 6.20 Å². The first-order valence-electron chi connectivity index (χ1n) is 6.06. The van der Waals surface area contributed by atoms with Gasteiger partial charge in [-0.1, -0.05) is 29.8 Å². The summed E-state index contributed by atoms with van der Waals surface area (Å²) in [4.78, 5) is 4.72. The molecule has 0 radical (unpaired) electrons. The SMILES string of the molecule is Cc1ccc(-c2cn3c(n2)CCC=C3)c(C)c1. The minimum absolute atomic E-state index is 1.04. The molecule has 0 amide bonds. The zero-order valence-corrected chi connectivity index (χ0v) is 10.3. The van der Waals surface area contributed by atoms with Crippen molar-refractivity contribution in [2.24, 2.45) is 0 Å². The molecule has 0 bridgehead atoms. The predicted molar refractivity (Wildman–Crippen MR) is 70.8 cm³/mol. The Bertz CT molecular complexity index is 591. The minimum atomic E-state index is 1.04. The van der Waals surface area contributed by atoms with Crippen molar-refractivity contribution in [1.82, 2.24) is 9.55 Å². The lowest BCUT2D eigenvalue weighted by Gasteiger charge is -2.04. The highest BCUT2D eigenvalue weighted by molar-refractivity contribution is 5.64. The predicted octanol–water partition coefficient (Wildman–Crippen LogP) is 3.58. The van der Waals surface area contributed by atoms with E-state index < -0.39 is 0 Å².